The van der Waals surface area contributed by atoms with E-state index >= 15 is 0 Å². The summed E-state index contributed by atoms with van der Waals surface area (Å²) in [6.07, 6.45) is 0.464. The Balaban J connectivity index is 2.55. The van der Waals surface area contributed by atoms with Crippen LogP contribution in [0.3, 0.4) is 0 Å². The minimum Gasteiger partial charge on any atom is -0.482 e. The zero-order valence-electron chi connectivity index (χ0n) is 11.5. The van der Waals surface area contributed by atoms with Crippen LogP contribution in [0.1, 0.15) is 13.3 Å². The zero-order chi connectivity index (χ0) is 15.9. The maximum atomic E-state index is 11.6. The van der Waals surface area contributed by atoms with Crippen LogP contribution < -0.4 is 10.1 Å². The first kappa shape index (κ1) is 17.0. The third-order valence-electron chi connectivity index (χ3n) is 2.37. The molecule has 1 aromatic carbocycles. The summed E-state index contributed by atoms with van der Waals surface area (Å²) in [4.78, 5) is 21.9. The lowest BCUT2D eigenvalue weighted by Crippen LogP contribution is -2.24. The zero-order valence-corrected chi connectivity index (χ0v) is 12.4. The molecule has 1 rings (SSSR count). The molecule has 0 aromatic heterocycles. The first-order valence-corrected chi connectivity index (χ1v) is 8.09. The normalized spacial score (nSPS) is 10.9. The van der Waals surface area contributed by atoms with Crippen LogP contribution in [-0.4, -0.2) is 43.5 Å². The molecule has 0 unspecified atom stereocenters. The Hall–Kier alpha value is -2.09. The maximum absolute atomic E-state index is 11.6. The molecule has 0 aliphatic heterocycles. The van der Waals surface area contributed by atoms with E-state index in [1.54, 1.807) is 6.92 Å². The number of aliphatic carboxylic acids is 1. The van der Waals surface area contributed by atoms with Crippen LogP contribution in [0.25, 0.3) is 0 Å². The molecule has 0 aliphatic carbocycles. The van der Waals surface area contributed by atoms with Crippen molar-refractivity contribution in [2.24, 2.45) is 0 Å². The van der Waals surface area contributed by atoms with Crippen molar-refractivity contribution >= 4 is 27.4 Å². The molecule has 0 bridgehead atoms. The van der Waals surface area contributed by atoms with Gasteiger partial charge in [-0.25, -0.2) is 13.2 Å². The lowest BCUT2D eigenvalue weighted by molar-refractivity contribution is -0.139. The third-order valence-corrected chi connectivity index (χ3v) is 4.10. The summed E-state index contributed by atoms with van der Waals surface area (Å²) in [6.45, 7) is 1.27. The van der Waals surface area contributed by atoms with Crippen LogP contribution in [0.5, 0.6) is 5.75 Å². The van der Waals surface area contributed by atoms with Crippen LogP contribution in [-0.2, 0) is 19.4 Å². The molecule has 116 valence electrons. The van der Waals surface area contributed by atoms with Gasteiger partial charge in [0.15, 0.2) is 16.4 Å². The minimum atomic E-state index is -3.38. The van der Waals surface area contributed by atoms with Gasteiger partial charge >= 0.3 is 5.97 Å². The molecule has 0 radical (unpaired) electrons. The van der Waals surface area contributed by atoms with Crippen molar-refractivity contribution in [2.45, 2.75) is 13.3 Å². The van der Waals surface area contributed by atoms with E-state index < -0.39 is 34.1 Å². The standard InChI is InChI=1S/C13H17NO6S/c1-2-7-21(18,19)9-12(15)14-10-3-5-11(6-4-10)20-8-13(16)17/h3-6H,2,7-9H2,1H3,(H,14,15)(H,16,17). The topological polar surface area (TPSA) is 110 Å². The second kappa shape index (κ2) is 7.63. The average Bonchev–Trinajstić information content (AvgIpc) is 2.36. The van der Waals surface area contributed by atoms with Crippen molar-refractivity contribution in [3.8, 4) is 5.75 Å². The molecule has 1 amide bonds. The van der Waals surface area contributed by atoms with Gasteiger partial charge in [0.25, 0.3) is 0 Å². The fourth-order valence-electron chi connectivity index (χ4n) is 1.56. The number of sulfone groups is 1. The van der Waals surface area contributed by atoms with E-state index in [1.165, 1.54) is 24.3 Å². The van der Waals surface area contributed by atoms with Gasteiger partial charge in [-0.05, 0) is 30.7 Å². The van der Waals surface area contributed by atoms with E-state index in [-0.39, 0.29) is 5.75 Å². The fourth-order valence-corrected chi connectivity index (χ4v) is 2.80. The smallest absolute Gasteiger partial charge is 0.341 e. The first-order chi connectivity index (χ1) is 9.82. The molecular formula is C13H17NO6S. The number of rotatable bonds is 8. The highest BCUT2D eigenvalue weighted by atomic mass is 32.2. The summed E-state index contributed by atoms with van der Waals surface area (Å²) in [7, 11) is -3.38. The van der Waals surface area contributed by atoms with Crippen molar-refractivity contribution in [3.63, 3.8) is 0 Å². The van der Waals surface area contributed by atoms with E-state index in [0.717, 1.165) is 0 Å². The Morgan fingerprint density at radius 2 is 1.86 bits per heavy atom. The van der Waals surface area contributed by atoms with Crippen LogP contribution in [0.4, 0.5) is 5.69 Å². The molecule has 0 heterocycles. The Bertz CT molecular complexity index is 594. The van der Waals surface area contributed by atoms with E-state index in [1.807, 2.05) is 0 Å². The van der Waals surface area contributed by atoms with Crippen LogP contribution >= 0.6 is 0 Å². The van der Waals surface area contributed by atoms with Crippen LogP contribution in [0.15, 0.2) is 24.3 Å². The highest BCUT2D eigenvalue weighted by Gasteiger charge is 2.15. The molecule has 0 spiro atoms. The molecule has 0 aliphatic rings. The van der Waals surface area contributed by atoms with Crippen LogP contribution in [0.2, 0.25) is 0 Å². The molecule has 1 aromatic rings. The number of carbonyl (C=O) groups is 2. The molecule has 0 saturated carbocycles. The van der Waals surface area contributed by atoms with Gasteiger partial charge in [-0.1, -0.05) is 6.92 Å². The monoisotopic (exact) mass is 315 g/mol. The number of benzene rings is 1. The van der Waals surface area contributed by atoms with Crippen molar-refractivity contribution in [1.82, 2.24) is 0 Å². The Morgan fingerprint density at radius 1 is 1.24 bits per heavy atom. The predicted octanol–water partition coefficient (Wildman–Crippen LogP) is 0.913. The van der Waals surface area contributed by atoms with Gasteiger partial charge in [-0.15, -0.1) is 0 Å². The number of carboxylic acids is 1. The molecule has 8 heteroatoms. The molecule has 0 atom stereocenters. The molecule has 0 fully saturated rings. The third kappa shape index (κ3) is 6.75. The lowest BCUT2D eigenvalue weighted by Gasteiger charge is -2.07. The average molecular weight is 315 g/mol. The fraction of sp³-hybridized carbons (Fsp3) is 0.385. The predicted molar refractivity (Wildman–Crippen MR) is 77.1 cm³/mol. The van der Waals surface area contributed by atoms with Crippen molar-refractivity contribution in [1.29, 1.82) is 0 Å². The maximum Gasteiger partial charge on any atom is 0.341 e. The lowest BCUT2D eigenvalue weighted by atomic mass is 10.3. The number of ether oxygens (including phenoxy) is 1. The molecule has 0 saturated heterocycles. The highest BCUT2D eigenvalue weighted by molar-refractivity contribution is 7.92. The number of amides is 1. The number of carboxylic acid groups (broad SMARTS) is 1. The van der Waals surface area contributed by atoms with Gasteiger partial charge in [-0.2, -0.15) is 0 Å². The Kier molecular flexibility index (Phi) is 6.16. The molecule has 21 heavy (non-hydrogen) atoms. The van der Waals surface area contributed by atoms with Gasteiger partial charge in [0.2, 0.25) is 5.91 Å². The summed E-state index contributed by atoms with van der Waals surface area (Å²) in [5.74, 6) is -1.94. The first-order valence-electron chi connectivity index (χ1n) is 6.27. The summed E-state index contributed by atoms with van der Waals surface area (Å²) < 4.78 is 27.9. The number of carbonyl (C=O) groups excluding carboxylic acids is 1. The molecule has 2 N–H and O–H groups in total. The number of hydrogen-bond acceptors (Lipinski definition) is 5. The number of hydrogen-bond donors (Lipinski definition) is 2. The SMILES string of the molecule is CCCS(=O)(=O)CC(=O)Nc1ccc(OCC(=O)O)cc1. The van der Waals surface area contributed by atoms with Gasteiger partial charge in [0, 0.05) is 5.69 Å². The van der Waals surface area contributed by atoms with Gasteiger partial charge in [0.1, 0.15) is 11.5 Å². The van der Waals surface area contributed by atoms with Crippen LogP contribution in [0, 0.1) is 0 Å². The number of anilines is 1. The van der Waals surface area contributed by atoms with Gasteiger partial charge in [0.05, 0.1) is 5.75 Å². The largest absolute Gasteiger partial charge is 0.482 e. The van der Waals surface area contributed by atoms with E-state index in [2.05, 4.69) is 5.32 Å². The molecule has 7 nitrogen and oxygen atoms in total. The second-order valence-corrected chi connectivity index (χ2v) is 6.53. The summed E-state index contributed by atoms with van der Waals surface area (Å²) >= 11 is 0. The van der Waals surface area contributed by atoms with Crippen molar-refractivity contribution in [3.05, 3.63) is 24.3 Å². The quantitative estimate of drug-likeness (QED) is 0.738. The summed E-state index contributed by atoms with van der Waals surface area (Å²) in [5.41, 5.74) is 0.411. The summed E-state index contributed by atoms with van der Waals surface area (Å²) in [5, 5.41) is 10.9. The highest BCUT2D eigenvalue weighted by Crippen LogP contribution is 2.15. The van der Waals surface area contributed by atoms with Gasteiger partial charge < -0.3 is 15.2 Å². The van der Waals surface area contributed by atoms with E-state index in [9.17, 15) is 18.0 Å². The van der Waals surface area contributed by atoms with Gasteiger partial charge in [-0.3, -0.25) is 4.79 Å². The second-order valence-electron chi connectivity index (χ2n) is 4.35. The summed E-state index contributed by atoms with van der Waals surface area (Å²) in [6, 6.07) is 5.97. The minimum absolute atomic E-state index is 0.0254. The Morgan fingerprint density at radius 3 is 2.38 bits per heavy atom. The molecular weight excluding hydrogens is 298 g/mol. The van der Waals surface area contributed by atoms with E-state index in [4.69, 9.17) is 9.84 Å². The Labute approximate surface area is 122 Å². The van der Waals surface area contributed by atoms with Crippen molar-refractivity contribution in [2.75, 3.05) is 23.4 Å². The van der Waals surface area contributed by atoms with E-state index in [0.29, 0.717) is 17.9 Å². The number of nitrogens with one attached hydrogen (secondary N) is 1. The van der Waals surface area contributed by atoms with Crippen molar-refractivity contribution < 1.29 is 27.9 Å².